The molecule has 0 spiro atoms. The molecule has 0 bridgehead atoms. The summed E-state index contributed by atoms with van der Waals surface area (Å²) < 4.78 is 40.8. The summed E-state index contributed by atoms with van der Waals surface area (Å²) >= 11 is 0. The van der Waals surface area contributed by atoms with Crippen molar-refractivity contribution in [3.05, 3.63) is 57.9 Å². The van der Waals surface area contributed by atoms with E-state index in [0.717, 1.165) is 18.2 Å². The van der Waals surface area contributed by atoms with Gasteiger partial charge < -0.3 is 4.90 Å². The van der Waals surface area contributed by atoms with Crippen molar-refractivity contribution in [3.63, 3.8) is 0 Å². The summed E-state index contributed by atoms with van der Waals surface area (Å²) in [4.78, 5) is 23.2. The number of benzene rings is 2. The summed E-state index contributed by atoms with van der Waals surface area (Å²) in [5.41, 5.74) is 0.425. The van der Waals surface area contributed by atoms with Crippen LogP contribution in [0.25, 0.3) is 0 Å². The average molecular weight is 393 g/mol. The Kier molecular flexibility index (Phi) is 4.60. The van der Waals surface area contributed by atoms with Crippen molar-refractivity contribution < 1.29 is 22.5 Å². The maximum Gasteiger partial charge on any atom is 0.306 e. The fourth-order valence-electron chi connectivity index (χ4n) is 3.18. The fraction of sp³-hybridized carbons (Fsp3) is 0.235. The van der Waals surface area contributed by atoms with E-state index in [9.17, 15) is 27.7 Å². The van der Waals surface area contributed by atoms with Crippen molar-refractivity contribution in [3.8, 4) is 0 Å². The SMILES string of the molecule is CC(=O)N1c2ccc(S(=O)(=O)Nc3ccc(F)c([N+](=O)[O-])c3)cc2C[C@H]1C. The Morgan fingerprint density at radius 2 is 2.00 bits per heavy atom. The Bertz CT molecular complexity index is 1050. The molecule has 3 rings (SSSR count). The second-order valence-corrected chi connectivity index (χ2v) is 7.94. The molecular formula is C17H16FN3O5S. The normalized spacial score (nSPS) is 16.1. The number of hydrogen-bond acceptors (Lipinski definition) is 5. The summed E-state index contributed by atoms with van der Waals surface area (Å²) in [6, 6.07) is 7.05. The zero-order valence-electron chi connectivity index (χ0n) is 14.5. The molecule has 0 fully saturated rings. The quantitative estimate of drug-likeness (QED) is 0.634. The Labute approximate surface area is 154 Å². The van der Waals surface area contributed by atoms with E-state index in [4.69, 9.17) is 0 Å². The predicted octanol–water partition coefficient (Wildman–Crippen LogP) is 2.83. The first kappa shape index (κ1) is 18.8. The molecule has 0 aromatic heterocycles. The Hall–Kier alpha value is -3.01. The van der Waals surface area contributed by atoms with Crippen LogP contribution in [0.3, 0.4) is 0 Å². The number of carbonyl (C=O) groups excluding carboxylic acids is 1. The lowest BCUT2D eigenvalue weighted by Gasteiger charge is -2.20. The molecule has 0 radical (unpaired) electrons. The number of nitro benzene ring substituents is 1. The van der Waals surface area contributed by atoms with Gasteiger partial charge in [-0.15, -0.1) is 0 Å². The van der Waals surface area contributed by atoms with Crippen molar-refractivity contribution in [1.82, 2.24) is 0 Å². The van der Waals surface area contributed by atoms with E-state index in [-0.39, 0.29) is 22.5 Å². The lowest BCUT2D eigenvalue weighted by Crippen LogP contribution is -2.33. The highest BCUT2D eigenvalue weighted by molar-refractivity contribution is 7.92. The first-order chi connectivity index (χ1) is 12.6. The highest BCUT2D eigenvalue weighted by Gasteiger charge is 2.30. The molecular weight excluding hydrogens is 377 g/mol. The number of nitrogens with zero attached hydrogens (tertiary/aromatic N) is 2. The number of sulfonamides is 1. The molecule has 0 saturated heterocycles. The van der Waals surface area contributed by atoms with E-state index in [0.29, 0.717) is 17.7 Å². The van der Waals surface area contributed by atoms with E-state index in [1.807, 2.05) is 6.92 Å². The van der Waals surface area contributed by atoms with Crippen LogP contribution in [0.15, 0.2) is 41.3 Å². The highest BCUT2D eigenvalue weighted by atomic mass is 32.2. The lowest BCUT2D eigenvalue weighted by molar-refractivity contribution is -0.387. The van der Waals surface area contributed by atoms with Crippen LogP contribution < -0.4 is 9.62 Å². The number of anilines is 2. The maximum absolute atomic E-state index is 13.4. The second kappa shape index (κ2) is 6.62. The Balaban J connectivity index is 1.93. The van der Waals surface area contributed by atoms with Crippen molar-refractivity contribution in [2.75, 3.05) is 9.62 Å². The van der Waals surface area contributed by atoms with Gasteiger partial charge in [-0.2, -0.15) is 4.39 Å². The van der Waals surface area contributed by atoms with Crippen LogP contribution in [0.5, 0.6) is 0 Å². The predicted molar refractivity (Wildman–Crippen MR) is 96.6 cm³/mol. The van der Waals surface area contributed by atoms with Crippen LogP contribution in [0, 0.1) is 15.9 Å². The topological polar surface area (TPSA) is 110 Å². The monoisotopic (exact) mass is 393 g/mol. The van der Waals surface area contributed by atoms with Gasteiger partial charge in [-0.1, -0.05) is 0 Å². The van der Waals surface area contributed by atoms with E-state index >= 15 is 0 Å². The number of carbonyl (C=O) groups is 1. The molecule has 1 amide bonds. The molecule has 1 atom stereocenters. The molecule has 1 N–H and O–H groups in total. The van der Waals surface area contributed by atoms with E-state index in [1.165, 1.54) is 19.1 Å². The zero-order valence-corrected chi connectivity index (χ0v) is 15.3. The van der Waals surface area contributed by atoms with E-state index in [1.54, 1.807) is 11.0 Å². The lowest BCUT2D eigenvalue weighted by atomic mass is 10.1. The molecule has 0 unspecified atom stereocenters. The third-order valence-corrected chi connectivity index (χ3v) is 5.69. The Morgan fingerprint density at radius 3 is 2.63 bits per heavy atom. The molecule has 8 nitrogen and oxygen atoms in total. The number of halogens is 1. The molecule has 2 aromatic rings. The van der Waals surface area contributed by atoms with Crippen LogP contribution in [0.2, 0.25) is 0 Å². The van der Waals surface area contributed by atoms with Gasteiger partial charge in [0.15, 0.2) is 0 Å². The molecule has 0 saturated carbocycles. The largest absolute Gasteiger partial charge is 0.309 e. The van der Waals surface area contributed by atoms with Gasteiger partial charge in [-0.3, -0.25) is 19.6 Å². The summed E-state index contributed by atoms with van der Waals surface area (Å²) in [6.45, 7) is 3.31. The van der Waals surface area contributed by atoms with Gasteiger partial charge in [0, 0.05) is 24.7 Å². The molecule has 27 heavy (non-hydrogen) atoms. The van der Waals surface area contributed by atoms with Crippen LogP contribution in [0.4, 0.5) is 21.5 Å². The Morgan fingerprint density at radius 1 is 1.30 bits per heavy atom. The summed E-state index contributed by atoms with van der Waals surface area (Å²) in [5, 5.41) is 10.8. The summed E-state index contributed by atoms with van der Waals surface area (Å²) in [6.07, 6.45) is 0.514. The van der Waals surface area contributed by atoms with Gasteiger partial charge in [-0.05, 0) is 49.2 Å². The first-order valence-electron chi connectivity index (χ1n) is 7.99. The summed E-state index contributed by atoms with van der Waals surface area (Å²) in [7, 11) is -4.04. The van der Waals surface area contributed by atoms with E-state index in [2.05, 4.69) is 4.72 Å². The molecule has 1 aliphatic rings. The molecule has 2 aromatic carbocycles. The average Bonchev–Trinajstić information content (AvgIpc) is 2.91. The smallest absolute Gasteiger partial charge is 0.306 e. The summed E-state index contributed by atoms with van der Waals surface area (Å²) in [5.74, 6) is -1.19. The highest BCUT2D eigenvalue weighted by Crippen LogP contribution is 2.34. The minimum Gasteiger partial charge on any atom is -0.309 e. The second-order valence-electron chi connectivity index (χ2n) is 6.26. The minimum atomic E-state index is -4.04. The minimum absolute atomic E-state index is 0.0502. The van der Waals surface area contributed by atoms with Gasteiger partial charge in [0.25, 0.3) is 10.0 Å². The van der Waals surface area contributed by atoms with Crippen LogP contribution >= 0.6 is 0 Å². The number of nitro groups is 1. The van der Waals surface area contributed by atoms with Crippen molar-refractivity contribution in [2.45, 2.75) is 31.2 Å². The first-order valence-corrected chi connectivity index (χ1v) is 9.48. The number of amides is 1. The maximum atomic E-state index is 13.4. The van der Waals surface area contributed by atoms with Crippen LogP contribution in [-0.2, 0) is 21.2 Å². The van der Waals surface area contributed by atoms with Gasteiger partial charge >= 0.3 is 5.69 Å². The van der Waals surface area contributed by atoms with Gasteiger partial charge in [-0.25, -0.2) is 8.42 Å². The molecule has 1 heterocycles. The van der Waals surface area contributed by atoms with Crippen molar-refractivity contribution in [2.24, 2.45) is 0 Å². The standard InChI is InChI=1S/C17H16FN3O5S/c1-10-7-12-8-14(4-6-16(12)20(10)11(2)22)27(25,26)19-13-3-5-15(18)17(9-13)21(23)24/h3-6,8-10,19H,7H2,1-2H3/t10-/m1/s1. The van der Waals surface area contributed by atoms with Crippen LogP contribution in [0.1, 0.15) is 19.4 Å². The molecule has 142 valence electrons. The van der Waals surface area contributed by atoms with Crippen molar-refractivity contribution >= 4 is 33.0 Å². The number of hydrogen-bond donors (Lipinski definition) is 1. The molecule has 1 aliphatic heterocycles. The molecule has 0 aliphatic carbocycles. The van der Waals surface area contributed by atoms with E-state index < -0.39 is 26.5 Å². The number of rotatable bonds is 4. The molecule has 10 heteroatoms. The third kappa shape index (κ3) is 3.47. The van der Waals surface area contributed by atoms with Gasteiger partial charge in [0.2, 0.25) is 11.7 Å². The van der Waals surface area contributed by atoms with Gasteiger partial charge in [0.1, 0.15) is 0 Å². The zero-order chi connectivity index (χ0) is 19.9. The number of fused-ring (bicyclic) bond motifs is 1. The number of nitrogens with one attached hydrogen (secondary N) is 1. The third-order valence-electron chi connectivity index (χ3n) is 4.31. The van der Waals surface area contributed by atoms with Crippen molar-refractivity contribution in [1.29, 1.82) is 0 Å². The fourth-order valence-corrected chi connectivity index (χ4v) is 4.28. The van der Waals surface area contributed by atoms with Gasteiger partial charge in [0.05, 0.1) is 15.5 Å². The van der Waals surface area contributed by atoms with Crippen LogP contribution in [-0.4, -0.2) is 25.3 Å².